The highest BCUT2D eigenvalue weighted by atomic mass is 16.5. The molecular weight excluding hydrogens is 450 g/mol. The Morgan fingerprint density at radius 3 is 2.47 bits per heavy atom. The molecule has 6 nitrogen and oxygen atoms in total. The largest absolute Gasteiger partial charge is 0.483 e. The maximum atomic E-state index is 13.4. The van der Waals surface area contributed by atoms with Gasteiger partial charge in [0.1, 0.15) is 5.75 Å². The summed E-state index contributed by atoms with van der Waals surface area (Å²) in [5.41, 5.74) is 4.36. The summed E-state index contributed by atoms with van der Waals surface area (Å²) in [6.07, 6.45) is 1.31. The van der Waals surface area contributed by atoms with Crippen LogP contribution in [-0.4, -0.2) is 43.6 Å². The average Bonchev–Trinajstić information content (AvgIpc) is 3.37. The predicted molar refractivity (Wildman–Crippen MR) is 143 cm³/mol. The third kappa shape index (κ3) is 4.58. The second kappa shape index (κ2) is 10.0. The first-order valence-corrected chi connectivity index (χ1v) is 11.9. The number of hydrazone groups is 1. The monoisotopic (exact) mass is 477 g/mol. The van der Waals surface area contributed by atoms with E-state index in [-0.39, 0.29) is 18.6 Å². The lowest BCUT2D eigenvalue weighted by molar-refractivity contribution is -0.135. The van der Waals surface area contributed by atoms with Crippen molar-refractivity contribution in [2.45, 2.75) is 12.5 Å². The molecule has 5 rings (SSSR count). The molecule has 4 aromatic rings. The van der Waals surface area contributed by atoms with Crippen LogP contribution in [0.5, 0.6) is 5.75 Å². The van der Waals surface area contributed by atoms with Gasteiger partial charge < -0.3 is 9.64 Å². The molecule has 180 valence electrons. The van der Waals surface area contributed by atoms with Crippen molar-refractivity contribution >= 4 is 34.4 Å². The third-order valence-electron chi connectivity index (χ3n) is 6.46. The minimum Gasteiger partial charge on any atom is -0.483 e. The van der Waals surface area contributed by atoms with E-state index < -0.39 is 0 Å². The van der Waals surface area contributed by atoms with Crippen molar-refractivity contribution in [3.05, 3.63) is 108 Å². The summed E-state index contributed by atoms with van der Waals surface area (Å²) in [6.45, 7) is -0.219. The molecule has 0 spiro atoms. The molecule has 0 bridgehead atoms. The molecule has 0 fully saturated rings. The lowest BCUT2D eigenvalue weighted by atomic mass is 9.95. The van der Waals surface area contributed by atoms with E-state index in [0.717, 1.165) is 39.6 Å². The minimum absolute atomic E-state index is 0.219. The molecule has 1 atom stereocenters. The highest BCUT2D eigenvalue weighted by molar-refractivity contribution is 6.12. The number of hydrogen-bond donors (Lipinski definition) is 0. The fourth-order valence-electron chi connectivity index (χ4n) is 4.55. The van der Waals surface area contributed by atoms with Gasteiger partial charge in [-0.1, -0.05) is 66.7 Å². The summed E-state index contributed by atoms with van der Waals surface area (Å²) in [7, 11) is 3.99. The number of carbonyl (C=O) groups is 2. The van der Waals surface area contributed by atoms with Crippen molar-refractivity contribution in [3.63, 3.8) is 0 Å². The fourth-order valence-corrected chi connectivity index (χ4v) is 4.55. The molecule has 0 aromatic heterocycles. The number of amides is 1. The number of carbonyl (C=O) groups excluding carboxylic acids is 2. The number of hydrogen-bond acceptors (Lipinski definition) is 5. The van der Waals surface area contributed by atoms with E-state index in [1.54, 1.807) is 24.3 Å². The summed E-state index contributed by atoms with van der Waals surface area (Å²) in [6, 6.07) is 29.1. The number of para-hydroxylation sites is 1. The van der Waals surface area contributed by atoms with Crippen molar-refractivity contribution in [1.29, 1.82) is 0 Å². The molecule has 0 N–H and O–H groups in total. The van der Waals surface area contributed by atoms with Gasteiger partial charge in [-0.05, 0) is 40.6 Å². The van der Waals surface area contributed by atoms with Gasteiger partial charge in [0.25, 0.3) is 5.91 Å². The van der Waals surface area contributed by atoms with Gasteiger partial charge in [-0.2, -0.15) is 5.10 Å². The molecule has 0 saturated carbocycles. The van der Waals surface area contributed by atoms with Crippen molar-refractivity contribution in [1.82, 2.24) is 5.01 Å². The normalized spacial score (nSPS) is 15.0. The zero-order valence-corrected chi connectivity index (χ0v) is 20.3. The van der Waals surface area contributed by atoms with Crippen LogP contribution in [0.2, 0.25) is 0 Å². The van der Waals surface area contributed by atoms with Crippen LogP contribution in [0, 0.1) is 0 Å². The van der Waals surface area contributed by atoms with E-state index in [1.165, 1.54) is 5.01 Å². The number of fused-ring (bicyclic) bond motifs is 1. The van der Waals surface area contributed by atoms with Crippen LogP contribution in [0.1, 0.15) is 33.9 Å². The smallest absolute Gasteiger partial charge is 0.281 e. The summed E-state index contributed by atoms with van der Waals surface area (Å²) >= 11 is 0. The Labute approximate surface area is 210 Å². The van der Waals surface area contributed by atoms with Crippen molar-refractivity contribution in [2.24, 2.45) is 5.10 Å². The van der Waals surface area contributed by atoms with Crippen LogP contribution >= 0.6 is 0 Å². The minimum atomic E-state index is -0.271. The van der Waals surface area contributed by atoms with E-state index in [9.17, 15) is 9.59 Å². The SMILES string of the molecule is CN(C)c1ccc(C2CC(c3cccc4ccccc34)=NN2C(=O)COc2ccccc2C=O)cc1. The molecule has 6 heteroatoms. The Morgan fingerprint density at radius 2 is 1.69 bits per heavy atom. The van der Waals surface area contributed by atoms with Gasteiger partial charge in [0.15, 0.2) is 12.9 Å². The highest BCUT2D eigenvalue weighted by Crippen LogP contribution is 2.35. The quantitative estimate of drug-likeness (QED) is 0.331. The maximum absolute atomic E-state index is 13.4. The van der Waals surface area contributed by atoms with Crippen LogP contribution in [0.15, 0.2) is 96.1 Å². The molecule has 1 aliphatic rings. The average molecular weight is 478 g/mol. The Hall–Kier alpha value is -4.45. The zero-order valence-electron chi connectivity index (χ0n) is 20.3. The van der Waals surface area contributed by atoms with E-state index in [0.29, 0.717) is 17.7 Å². The molecule has 4 aromatic carbocycles. The van der Waals surface area contributed by atoms with Crippen LogP contribution in [0.4, 0.5) is 5.69 Å². The lowest BCUT2D eigenvalue weighted by Crippen LogP contribution is -2.31. The van der Waals surface area contributed by atoms with Crippen molar-refractivity contribution < 1.29 is 14.3 Å². The first kappa shape index (κ1) is 23.3. The summed E-state index contributed by atoms with van der Waals surface area (Å²) in [4.78, 5) is 26.8. The molecule has 0 radical (unpaired) electrons. The van der Waals surface area contributed by atoms with Gasteiger partial charge in [-0.3, -0.25) is 9.59 Å². The summed E-state index contributed by atoms with van der Waals surface area (Å²) < 4.78 is 5.75. The fraction of sp³-hybridized carbons (Fsp3) is 0.167. The van der Waals surface area contributed by atoms with Gasteiger partial charge in [-0.25, -0.2) is 5.01 Å². The predicted octanol–water partition coefficient (Wildman–Crippen LogP) is 5.48. The molecule has 0 saturated heterocycles. The lowest BCUT2D eigenvalue weighted by Gasteiger charge is -2.23. The third-order valence-corrected chi connectivity index (χ3v) is 6.46. The molecule has 0 aliphatic carbocycles. The molecule has 1 heterocycles. The Bertz CT molecular complexity index is 1440. The number of benzene rings is 4. The molecule has 36 heavy (non-hydrogen) atoms. The van der Waals surface area contributed by atoms with Gasteiger partial charge in [0.2, 0.25) is 0 Å². The first-order valence-electron chi connectivity index (χ1n) is 11.9. The Morgan fingerprint density at radius 1 is 0.972 bits per heavy atom. The van der Waals surface area contributed by atoms with Crippen molar-refractivity contribution in [3.8, 4) is 5.75 Å². The number of rotatable bonds is 7. The topological polar surface area (TPSA) is 62.2 Å². The summed E-state index contributed by atoms with van der Waals surface area (Å²) in [5.74, 6) is 0.109. The van der Waals surface area contributed by atoms with Crippen LogP contribution in [0.25, 0.3) is 10.8 Å². The van der Waals surface area contributed by atoms with E-state index in [2.05, 4.69) is 24.3 Å². The second-order valence-electron chi connectivity index (χ2n) is 8.96. The van der Waals surface area contributed by atoms with Crippen LogP contribution in [0.3, 0.4) is 0 Å². The maximum Gasteiger partial charge on any atom is 0.281 e. The van der Waals surface area contributed by atoms with Gasteiger partial charge in [0, 0.05) is 31.8 Å². The zero-order chi connectivity index (χ0) is 25.1. The number of anilines is 1. The van der Waals surface area contributed by atoms with Gasteiger partial charge in [0.05, 0.1) is 17.3 Å². The van der Waals surface area contributed by atoms with Gasteiger partial charge in [-0.15, -0.1) is 0 Å². The van der Waals surface area contributed by atoms with E-state index in [4.69, 9.17) is 9.84 Å². The summed E-state index contributed by atoms with van der Waals surface area (Å²) in [5, 5.41) is 8.58. The standard InChI is InChI=1S/C30H27N3O3/c1-32(2)24-16-14-22(15-17-24)28-18-27(26-12-7-10-21-8-3-5-11-25(21)26)31-33(28)30(35)20-36-29-13-6-4-9-23(29)19-34/h3-17,19,28H,18,20H2,1-2H3. The van der Waals surface area contributed by atoms with E-state index in [1.807, 2.05) is 61.5 Å². The molecule has 1 unspecified atom stereocenters. The number of nitrogens with zero attached hydrogens (tertiary/aromatic N) is 3. The van der Waals surface area contributed by atoms with Crippen molar-refractivity contribution in [2.75, 3.05) is 25.6 Å². The van der Waals surface area contributed by atoms with Gasteiger partial charge >= 0.3 is 0 Å². The molecule has 1 amide bonds. The molecular formula is C30H27N3O3. The Kier molecular flexibility index (Phi) is 6.50. The van der Waals surface area contributed by atoms with Crippen LogP contribution < -0.4 is 9.64 Å². The Balaban J connectivity index is 1.48. The number of aldehydes is 1. The first-order chi connectivity index (χ1) is 17.5. The number of ether oxygens (including phenoxy) is 1. The highest BCUT2D eigenvalue weighted by Gasteiger charge is 2.34. The second-order valence-corrected chi connectivity index (χ2v) is 8.96. The van der Waals surface area contributed by atoms with Crippen LogP contribution in [-0.2, 0) is 4.79 Å². The van der Waals surface area contributed by atoms with E-state index >= 15 is 0 Å². The molecule has 1 aliphatic heterocycles.